The maximum Gasteiger partial charge on any atom is 0.343 e. The smallest absolute Gasteiger partial charge is 0.343 e. The number of nitrogens with zero attached hydrogens (tertiary/aromatic N) is 2. The van der Waals surface area contributed by atoms with Gasteiger partial charge in [-0.05, 0) is 24.6 Å². The number of para-hydroxylation sites is 2. The van der Waals surface area contributed by atoms with E-state index in [2.05, 4.69) is 10.4 Å². The molecular formula is C19H20N4O2. The fraction of sp³-hybridized carbons (Fsp3) is 0.158. The number of esters is 1. The Morgan fingerprint density at radius 3 is 2.60 bits per heavy atom. The van der Waals surface area contributed by atoms with Crippen molar-refractivity contribution < 1.29 is 9.53 Å². The molecule has 0 aliphatic heterocycles. The van der Waals surface area contributed by atoms with E-state index in [9.17, 15) is 4.79 Å². The molecule has 0 radical (unpaired) electrons. The van der Waals surface area contributed by atoms with Crippen LogP contribution in [0.4, 0.5) is 17.2 Å². The predicted octanol–water partition coefficient (Wildman–Crippen LogP) is 3.43. The number of nitrogens with two attached hydrogens (primary N) is 1. The van der Waals surface area contributed by atoms with Crippen LogP contribution in [0.25, 0.3) is 0 Å². The Kier molecular flexibility index (Phi) is 4.99. The molecule has 0 fully saturated rings. The van der Waals surface area contributed by atoms with Crippen LogP contribution in [0, 0.1) is 0 Å². The second-order valence-corrected chi connectivity index (χ2v) is 5.48. The number of hydrogen-bond donors (Lipinski definition) is 2. The van der Waals surface area contributed by atoms with E-state index in [0.717, 1.165) is 5.56 Å². The Hall–Kier alpha value is -3.28. The Bertz CT molecular complexity index is 859. The SMILES string of the molecule is CCOC(=O)c1cnn(Cc2ccccc2)c1Nc1ccccc1N. The van der Waals surface area contributed by atoms with Crippen LogP contribution in [-0.4, -0.2) is 22.4 Å². The van der Waals surface area contributed by atoms with E-state index in [0.29, 0.717) is 35.9 Å². The summed E-state index contributed by atoms with van der Waals surface area (Å²) in [6.07, 6.45) is 1.52. The third-order valence-corrected chi connectivity index (χ3v) is 3.72. The van der Waals surface area contributed by atoms with Crippen molar-refractivity contribution in [3.63, 3.8) is 0 Å². The molecule has 0 unspecified atom stereocenters. The molecule has 1 heterocycles. The highest BCUT2D eigenvalue weighted by atomic mass is 16.5. The molecule has 6 heteroatoms. The summed E-state index contributed by atoms with van der Waals surface area (Å²) in [5.74, 6) is 0.138. The van der Waals surface area contributed by atoms with Gasteiger partial charge in [-0.1, -0.05) is 42.5 Å². The zero-order valence-electron chi connectivity index (χ0n) is 14.0. The molecule has 3 aromatic rings. The third kappa shape index (κ3) is 3.80. The summed E-state index contributed by atoms with van der Waals surface area (Å²) in [4.78, 5) is 12.3. The standard InChI is InChI=1S/C19H20N4O2/c1-2-25-19(24)15-12-21-23(13-14-8-4-3-5-9-14)18(15)22-17-11-7-6-10-16(17)20/h3-12,22H,2,13,20H2,1H3. The monoisotopic (exact) mass is 336 g/mol. The van der Waals surface area contributed by atoms with Crippen molar-refractivity contribution in [2.75, 3.05) is 17.7 Å². The van der Waals surface area contributed by atoms with Gasteiger partial charge in [-0.2, -0.15) is 5.10 Å². The number of nitrogen functional groups attached to an aromatic ring is 1. The van der Waals surface area contributed by atoms with E-state index in [1.807, 2.05) is 48.5 Å². The second kappa shape index (κ2) is 7.53. The Balaban J connectivity index is 1.97. The topological polar surface area (TPSA) is 82.2 Å². The van der Waals surface area contributed by atoms with E-state index < -0.39 is 5.97 Å². The van der Waals surface area contributed by atoms with Gasteiger partial charge in [-0.15, -0.1) is 0 Å². The van der Waals surface area contributed by atoms with Crippen LogP contribution in [0.1, 0.15) is 22.8 Å². The average molecular weight is 336 g/mol. The number of benzene rings is 2. The van der Waals surface area contributed by atoms with Crippen molar-refractivity contribution in [1.29, 1.82) is 0 Å². The van der Waals surface area contributed by atoms with Gasteiger partial charge in [0.25, 0.3) is 0 Å². The van der Waals surface area contributed by atoms with Crippen molar-refractivity contribution in [1.82, 2.24) is 9.78 Å². The van der Waals surface area contributed by atoms with Crippen molar-refractivity contribution in [2.24, 2.45) is 0 Å². The number of anilines is 3. The molecule has 6 nitrogen and oxygen atoms in total. The minimum absolute atomic E-state index is 0.301. The van der Waals surface area contributed by atoms with Crippen molar-refractivity contribution in [3.05, 3.63) is 71.9 Å². The highest BCUT2D eigenvalue weighted by Gasteiger charge is 2.19. The predicted molar refractivity (Wildman–Crippen MR) is 97.9 cm³/mol. The number of rotatable bonds is 6. The lowest BCUT2D eigenvalue weighted by molar-refractivity contribution is 0.0527. The molecule has 0 amide bonds. The number of aromatic nitrogens is 2. The number of ether oxygens (including phenoxy) is 1. The fourth-order valence-corrected chi connectivity index (χ4v) is 2.49. The summed E-state index contributed by atoms with van der Waals surface area (Å²) in [5, 5.41) is 7.58. The van der Waals surface area contributed by atoms with E-state index in [1.54, 1.807) is 17.7 Å². The van der Waals surface area contributed by atoms with E-state index in [1.165, 1.54) is 6.20 Å². The lowest BCUT2D eigenvalue weighted by atomic mass is 10.2. The van der Waals surface area contributed by atoms with Crippen LogP contribution in [0.2, 0.25) is 0 Å². The molecule has 128 valence electrons. The van der Waals surface area contributed by atoms with Gasteiger partial charge in [-0.3, -0.25) is 0 Å². The lowest BCUT2D eigenvalue weighted by Crippen LogP contribution is -2.11. The van der Waals surface area contributed by atoms with Crippen LogP contribution in [0.15, 0.2) is 60.8 Å². The van der Waals surface area contributed by atoms with Gasteiger partial charge < -0.3 is 15.8 Å². The maximum atomic E-state index is 12.3. The van der Waals surface area contributed by atoms with Crippen molar-refractivity contribution in [3.8, 4) is 0 Å². The number of carbonyl (C=O) groups is 1. The van der Waals surface area contributed by atoms with Crippen LogP contribution >= 0.6 is 0 Å². The molecular weight excluding hydrogens is 316 g/mol. The molecule has 0 saturated heterocycles. The number of carbonyl (C=O) groups excluding carboxylic acids is 1. The van der Waals surface area contributed by atoms with E-state index >= 15 is 0 Å². The molecule has 2 aromatic carbocycles. The summed E-state index contributed by atoms with van der Waals surface area (Å²) in [7, 11) is 0. The molecule has 0 aliphatic rings. The fourth-order valence-electron chi connectivity index (χ4n) is 2.49. The summed E-state index contributed by atoms with van der Waals surface area (Å²) in [6.45, 7) is 2.60. The minimum Gasteiger partial charge on any atom is -0.462 e. The first-order chi connectivity index (χ1) is 12.2. The third-order valence-electron chi connectivity index (χ3n) is 3.72. The van der Waals surface area contributed by atoms with Crippen LogP contribution in [0.3, 0.4) is 0 Å². The van der Waals surface area contributed by atoms with Gasteiger partial charge in [0.05, 0.1) is 30.7 Å². The minimum atomic E-state index is -0.418. The summed E-state index contributed by atoms with van der Waals surface area (Å²) < 4.78 is 6.87. The Morgan fingerprint density at radius 1 is 1.16 bits per heavy atom. The van der Waals surface area contributed by atoms with Crippen LogP contribution in [0.5, 0.6) is 0 Å². The molecule has 0 atom stereocenters. The molecule has 1 aromatic heterocycles. The molecule has 25 heavy (non-hydrogen) atoms. The zero-order chi connectivity index (χ0) is 17.6. The first-order valence-electron chi connectivity index (χ1n) is 8.07. The Labute approximate surface area is 146 Å². The number of nitrogens with one attached hydrogen (secondary N) is 1. The maximum absolute atomic E-state index is 12.3. The van der Waals surface area contributed by atoms with Crippen LogP contribution < -0.4 is 11.1 Å². The largest absolute Gasteiger partial charge is 0.462 e. The van der Waals surface area contributed by atoms with Crippen LogP contribution in [-0.2, 0) is 11.3 Å². The van der Waals surface area contributed by atoms with Crippen molar-refractivity contribution in [2.45, 2.75) is 13.5 Å². The normalized spacial score (nSPS) is 10.4. The first-order valence-corrected chi connectivity index (χ1v) is 8.07. The average Bonchev–Trinajstić information content (AvgIpc) is 3.01. The molecule has 3 rings (SSSR count). The molecule has 3 N–H and O–H groups in total. The summed E-state index contributed by atoms with van der Waals surface area (Å²) in [6, 6.07) is 17.3. The van der Waals surface area contributed by atoms with E-state index in [-0.39, 0.29) is 0 Å². The van der Waals surface area contributed by atoms with Gasteiger partial charge in [-0.25, -0.2) is 9.48 Å². The van der Waals surface area contributed by atoms with Gasteiger partial charge in [0, 0.05) is 0 Å². The highest BCUT2D eigenvalue weighted by molar-refractivity contribution is 5.96. The first kappa shape index (κ1) is 16.6. The van der Waals surface area contributed by atoms with Crippen molar-refractivity contribution >= 4 is 23.2 Å². The van der Waals surface area contributed by atoms with Gasteiger partial charge >= 0.3 is 5.97 Å². The summed E-state index contributed by atoms with van der Waals surface area (Å²) >= 11 is 0. The second-order valence-electron chi connectivity index (χ2n) is 5.48. The van der Waals surface area contributed by atoms with Gasteiger partial charge in [0.2, 0.25) is 0 Å². The molecule has 0 spiro atoms. The number of hydrogen-bond acceptors (Lipinski definition) is 5. The summed E-state index contributed by atoms with van der Waals surface area (Å²) in [5.41, 5.74) is 8.77. The van der Waals surface area contributed by atoms with Gasteiger partial charge in [0.15, 0.2) is 0 Å². The lowest BCUT2D eigenvalue weighted by Gasteiger charge is -2.13. The molecule has 0 aliphatic carbocycles. The quantitative estimate of drug-likeness (QED) is 0.532. The van der Waals surface area contributed by atoms with E-state index in [4.69, 9.17) is 10.5 Å². The van der Waals surface area contributed by atoms with Gasteiger partial charge in [0.1, 0.15) is 11.4 Å². The zero-order valence-corrected chi connectivity index (χ0v) is 14.0. The molecule has 0 saturated carbocycles. The Morgan fingerprint density at radius 2 is 1.88 bits per heavy atom. The highest BCUT2D eigenvalue weighted by Crippen LogP contribution is 2.26. The molecule has 0 bridgehead atoms.